The summed E-state index contributed by atoms with van der Waals surface area (Å²) in [5.74, 6) is -1.60. The van der Waals surface area contributed by atoms with Crippen LogP contribution in [0.15, 0.2) is 48.5 Å². The molecule has 0 bridgehead atoms. The number of nitrogens with zero attached hydrogens (tertiary/aromatic N) is 1. The van der Waals surface area contributed by atoms with E-state index in [0.29, 0.717) is 11.3 Å². The van der Waals surface area contributed by atoms with Crippen LogP contribution in [0.25, 0.3) is 5.57 Å². The highest BCUT2D eigenvalue weighted by atomic mass is 16.5. The molecule has 0 aliphatic carbocycles. The topological polar surface area (TPSA) is 75.7 Å². The molecule has 0 saturated carbocycles. The molecule has 3 heterocycles. The van der Waals surface area contributed by atoms with E-state index in [9.17, 15) is 14.4 Å². The second kappa shape index (κ2) is 6.55. The number of hydrogen-bond acceptors (Lipinski definition) is 5. The molecule has 3 aliphatic heterocycles. The molecule has 2 unspecified atom stereocenters. The van der Waals surface area contributed by atoms with Crippen LogP contribution in [0.5, 0.6) is 5.75 Å². The number of fused-ring (bicyclic) bond motifs is 5. The molecular weight excluding hydrogens is 380 g/mol. The number of allylic oxidation sites excluding steroid dienone is 1. The van der Waals surface area contributed by atoms with Gasteiger partial charge in [0.2, 0.25) is 11.8 Å². The molecule has 3 aliphatic rings. The average molecular weight is 402 g/mol. The molecule has 6 nitrogen and oxygen atoms in total. The second-order valence-corrected chi connectivity index (χ2v) is 8.21. The molecule has 2 saturated heterocycles. The summed E-state index contributed by atoms with van der Waals surface area (Å²) in [6.07, 6.45) is 2.02. The van der Waals surface area contributed by atoms with Gasteiger partial charge in [-0.05, 0) is 43.7 Å². The number of rotatable bonds is 3. The van der Waals surface area contributed by atoms with Crippen molar-refractivity contribution < 1.29 is 19.1 Å². The van der Waals surface area contributed by atoms with E-state index in [0.717, 1.165) is 22.4 Å². The van der Waals surface area contributed by atoms with Gasteiger partial charge in [-0.15, -0.1) is 0 Å². The molecule has 152 valence electrons. The minimum atomic E-state index is -0.760. The van der Waals surface area contributed by atoms with Crippen LogP contribution >= 0.6 is 0 Å². The largest absolute Gasteiger partial charge is 0.497 e. The lowest BCUT2D eigenvalue weighted by atomic mass is 9.85. The number of nitrogens with one attached hydrogen (secondary N) is 1. The van der Waals surface area contributed by atoms with Crippen LogP contribution in [-0.2, 0) is 9.59 Å². The maximum atomic E-state index is 13.7. The van der Waals surface area contributed by atoms with Crippen LogP contribution in [0, 0.1) is 18.8 Å². The van der Waals surface area contributed by atoms with Gasteiger partial charge in [-0.3, -0.25) is 19.7 Å². The van der Waals surface area contributed by atoms with E-state index < -0.39 is 17.9 Å². The van der Waals surface area contributed by atoms with Crippen LogP contribution in [0.3, 0.4) is 0 Å². The fourth-order valence-electron chi connectivity index (χ4n) is 5.12. The Morgan fingerprint density at radius 2 is 1.80 bits per heavy atom. The normalized spacial score (nSPS) is 26.5. The Morgan fingerprint density at radius 1 is 1.03 bits per heavy atom. The average Bonchev–Trinajstić information content (AvgIpc) is 3.23. The van der Waals surface area contributed by atoms with E-state index in [-0.39, 0.29) is 23.6 Å². The Bertz CT molecular complexity index is 1140. The highest BCUT2D eigenvalue weighted by Gasteiger charge is 2.61. The predicted octanol–water partition coefficient (Wildman–Crippen LogP) is 2.75. The van der Waals surface area contributed by atoms with Crippen molar-refractivity contribution in [1.82, 2.24) is 5.32 Å². The highest BCUT2D eigenvalue weighted by molar-refractivity contribution is 6.14. The van der Waals surface area contributed by atoms with Crippen molar-refractivity contribution in [2.24, 2.45) is 11.8 Å². The Morgan fingerprint density at radius 3 is 2.57 bits per heavy atom. The van der Waals surface area contributed by atoms with Gasteiger partial charge in [0.15, 0.2) is 5.78 Å². The summed E-state index contributed by atoms with van der Waals surface area (Å²) >= 11 is 0. The number of carbonyl (C=O) groups excluding carboxylic acids is 3. The van der Waals surface area contributed by atoms with Crippen LogP contribution in [0.2, 0.25) is 0 Å². The highest BCUT2D eigenvalue weighted by Crippen LogP contribution is 2.48. The minimum Gasteiger partial charge on any atom is -0.497 e. The zero-order valence-corrected chi connectivity index (χ0v) is 17.0. The Balaban J connectivity index is 1.68. The minimum absolute atomic E-state index is 0.185. The SMILES string of the molecule is COc1cccc(C(=O)C2[C@H]3C(=O)NC(=O)[C@H]3C3C=C(C)c4cc(C)ccc4N23)c1. The second-order valence-electron chi connectivity index (χ2n) is 8.21. The lowest BCUT2D eigenvalue weighted by molar-refractivity contribution is -0.126. The monoisotopic (exact) mass is 402 g/mol. The lowest BCUT2D eigenvalue weighted by Gasteiger charge is -2.37. The molecule has 0 spiro atoms. The van der Waals surface area contributed by atoms with E-state index >= 15 is 0 Å². The first-order chi connectivity index (χ1) is 14.4. The van der Waals surface area contributed by atoms with Gasteiger partial charge in [-0.25, -0.2) is 0 Å². The summed E-state index contributed by atoms with van der Waals surface area (Å²) in [5.41, 5.74) is 4.55. The van der Waals surface area contributed by atoms with Crippen LogP contribution in [0.1, 0.15) is 28.4 Å². The van der Waals surface area contributed by atoms with Gasteiger partial charge in [0, 0.05) is 16.8 Å². The first kappa shape index (κ1) is 18.6. The number of amides is 2. The summed E-state index contributed by atoms with van der Waals surface area (Å²) in [4.78, 5) is 41.1. The van der Waals surface area contributed by atoms with Crippen LogP contribution in [-0.4, -0.2) is 36.8 Å². The number of aryl methyl sites for hydroxylation is 1. The van der Waals surface area contributed by atoms with Gasteiger partial charge < -0.3 is 9.64 Å². The van der Waals surface area contributed by atoms with E-state index in [2.05, 4.69) is 11.4 Å². The van der Waals surface area contributed by atoms with Crippen LogP contribution in [0.4, 0.5) is 5.69 Å². The maximum absolute atomic E-state index is 13.7. The van der Waals surface area contributed by atoms with Gasteiger partial charge in [0.25, 0.3) is 0 Å². The fraction of sp³-hybridized carbons (Fsp3) is 0.292. The zero-order chi connectivity index (χ0) is 21.2. The van der Waals surface area contributed by atoms with Gasteiger partial charge in [0.1, 0.15) is 11.8 Å². The molecule has 30 heavy (non-hydrogen) atoms. The summed E-state index contributed by atoms with van der Waals surface area (Å²) in [7, 11) is 1.55. The Kier molecular flexibility index (Phi) is 4.07. The van der Waals surface area contributed by atoms with Crippen molar-refractivity contribution in [3.8, 4) is 5.75 Å². The fourth-order valence-corrected chi connectivity index (χ4v) is 5.12. The molecule has 2 aromatic carbocycles. The molecule has 0 radical (unpaired) electrons. The van der Waals surface area contributed by atoms with Gasteiger partial charge in [-0.2, -0.15) is 0 Å². The van der Waals surface area contributed by atoms with E-state index in [4.69, 9.17) is 4.74 Å². The third-order valence-corrected chi connectivity index (χ3v) is 6.47. The Labute approximate surface area is 174 Å². The van der Waals surface area contributed by atoms with E-state index in [1.54, 1.807) is 31.4 Å². The molecule has 6 heteroatoms. The molecule has 1 N–H and O–H groups in total. The first-order valence-electron chi connectivity index (χ1n) is 10.0. The number of ketones is 1. The lowest BCUT2D eigenvalue weighted by Crippen LogP contribution is -2.48. The van der Waals surface area contributed by atoms with Crippen molar-refractivity contribution in [3.63, 3.8) is 0 Å². The number of anilines is 1. The Hall–Kier alpha value is -3.41. The van der Waals surface area contributed by atoms with E-state index in [1.807, 2.05) is 37.0 Å². The molecule has 2 aromatic rings. The van der Waals surface area contributed by atoms with Crippen molar-refractivity contribution in [2.45, 2.75) is 25.9 Å². The number of hydrogen-bond donors (Lipinski definition) is 1. The smallest absolute Gasteiger partial charge is 0.233 e. The molecule has 2 fully saturated rings. The molecular formula is C24H22N2O4. The van der Waals surface area contributed by atoms with Gasteiger partial charge in [-0.1, -0.05) is 29.8 Å². The summed E-state index contributed by atoms with van der Waals surface area (Å²) in [6.45, 7) is 4.03. The molecule has 5 rings (SSSR count). The van der Waals surface area contributed by atoms with Crippen molar-refractivity contribution in [2.75, 3.05) is 12.0 Å². The third-order valence-electron chi connectivity index (χ3n) is 6.47. The first-order valence-corrected chi connectivity index (χ1v) is 10.0. The van der Waals surface area contributed by atoms with Crippen molar-refractivity contribution in [1.29, 1.82) is 0 Å². The third kappa shape index (κ3) is 2.53. The number of methoxy groups -OCH3 is 1. The number of Topliss-reactive ketones (excluding diaryl/α,β-unsaturated/α-hetero) is 1. The number of ether oxygens (including phenoxy) is 1. The number of benzene rings is 2. The maximum Gasteiger partial charge on any atom is 0.233 e. The predicted molar refractivity (Wildman–Crippen MR) is 112 cm³/mol. The summed E-state index contributed by atoms with van der Waals surface area (Å²) < 4.78 is 5.27. The summed E-state index contributed by atoms with van der Waals surface area (Å²) in [6, 6.07) is 11.9. The summed E-state index contributed by atoms with van der Waals surface area (Å²) in [5, 5.41) is 2.45. The van der Waals surface area contributed by atoms with E-state index in [1.165, 1.54) is 0 Å². The van der Waals surface area contributed by atoms with Crippen LogP contribution < -0.4 is 15.0 Å². The van der Waals surface area contributed by atoms with Crippen molar-refractivity contribution >= 4 is 28.9 Å². The molecule has 0 aromatic heterocycles. The zero-order valence-electron chi connectivity index (χ0n) is 17.0. The van der Waals surface area contributed by atoms with Gasteiger partial charge in [0.05, 0.1) is 25.0 Å². The molecule has 2 amide bonds. The number of carbonyl (C=O) groups is 3. The number of imide groups is 1. The quantitative estimate of drug-likeness (QED) is 0.631. The standard InChI is InChI=1S/C24H22N2O4/c1-12-7-8-17-16(9-12)13(2)10-18-19-20(24(29)25-23(19)28)21(26(17)18)22(27)14-5-4-6-15(11-14)30-3/h4-11,18-21H,1-3H3,(H,25,28,29)/t18?,19-,20-,21?/m0/s1. The molecule has 4 atom stereocenters. The van der Waals surface area contributed by atoms with Gasteiger partial charge >= 0.3 is 0 Å². The van der Waals surface area contributed by atoms with Crippen molar-refractivity contribution in [3.05, 3.63) is 65.2 Å².